The summed E-state index contributed by atoms with van der Waals surface area (Å²) in [6.45, 7) is 2.83. The zero-order valence-corrected chi connectivity index (χ0v) is 6.32. The van der Waals surface area contributed by atoms with Crippen LogP contribution in [0.5, 0.6) is 0 Å². The molecule has 0 unspecified atom stereocenters. The predicted molar refractivity (Wildman–Crippen MR) is 38.7 cm³/mol. The second-order valence-corrected chi connectivity index (χ2v) is 2.18. The molecular weight excluding hydrogens is 144 g/mol. The van der Waals surface area contributed by atoms with Crippen molar-refractivity contribution in [3.8, 4) is 0 Å². The maximum absolute atomic E-state index is 10.4. The standard InChI is InChI=1S/C6H10N4O/c1-6(11)7-2-3-10-4-8-9-5-10/h4-5H,2-3H2,1H3,(H,7,11). The van der Waals surface area contributed by atoms with Gasteiger partial charge in [0.1, 0.15) is 12.7 Å². The van der Waals surface area contributed by atoms with Crippen LogP contribution in [0.3, 0.4) is 0 Å². The van der Waals surface area contributed by atoms with E-state index in [0.717, 1.165) is 0 Å². The van der Waals surface area contributed by atoms with E-state index in [9.17, 15) is 4.79 Å². The van der Waals surface area contributed by atoms with Crippen molar-refractivity contribution in [1.29, 1.82) is 0 Å². The summed E-state index contributed by atoms with van der Waals surface area (Å²) in [5.74, 6) is -0.0157. The largest absolute Gasteiger partial charge is 0.355 e. The van der Waals surface area contributed by atoms with Gasteiger partial charge in [0.05, 0.1) is 0 Å². The SMILES string of the molecule is CC(=O)NCCn1cnnc1. The summed E-state index contributed by atoms with van der Waals surface area (Å²) in [4.78, 5) is 10.4. The minimum atomic E-state index is -0.0157. The molecule has 5 nitrogen and oxygen atoms in total. The average Bonchev–Trinajstić information content (AvgIpc) is 2.39. The number of amides is 1. The van der Waals surface area contributed by atoms with E-state index in [0.29, 0.717) is 13.1 Å². The number of aromatic nitrogens is 3. The Hall–Kier alpha value is -1.39. The Morgan fingerprint density at radius 2 is 2.18 bits per heavy atom. The molecule has 0 aromatic carbocycles. The average molecular weight is 154 g/mol. The Labute approximate surface area is 64.4 Å². The molecule has 0 saturated heterocycles. The zero-order valence-electron chi connectivity index (χ0n) is 6.32. The van der Waals surface area contributed by atoms with Crippen LogP contribution >= 0.6 is 0 Å². The maximum Gasteiger partial charge on any atom is 0.216 e. The highest BCUT2D eigenvalue weighted by atomic mass is 16.1. The Kier molecular flexibility index (Phi) is 2.59. The third-order valence-corrected chi connectivity index (χ3v) is 1.21. The van der Waals surface area contributed by atoms with Crippen molar-refractivity contribution in [2.45, 2.75) is 13.5 Å². The molecule has 0 saturated carbocycles. The first-order valence-electron chi connectivity index (χ1n) is 3.36. The highest BCUT2D eigenvalue weighted by Gasteiger charge is 1.91. The molecule has 0 aliphatic rings. The number of nitrogens with zero attached hydrogens (tertiary/aromatic N) is 3. The third-order valence-electron chi connectivity index (χ3n) is 1.21. The number of hydrogen-bond donors (Lipinski definition) is 1. The second-order valence-electron chi connectivity index (χ2n) is 2.18. The predicted octanol–water partition coefficient (Wildman–Crippen LogP) is -0.586. The van der Waals surface area contributed by atoms with Crippen molar-refractivity contribution < 1.29 is 4.79 Å². The van der Waals surface area contributed by atoms with Gasteiger partial charge in [-0.3, -0.25) is 4.79 Å². The van der Waals surface area contributed by atoms with E-state index in [1.807, 2.05) is 0 Å². The molecule has 0 atom stereocenters. The van der Waals surface area contributed by atoms with Crippen molar-refractivity contribution in [3.05, 3.63) is 12.7 Å². The quantitative estimate of drug-likeness (QED) is 0.633. The first-order chi connectivity index (χ1) is 5.29. The first-order valence-corrected chi connectivity index (χ1v) is 3.36. The van der Waals surface area contributed by atoms with Crippen LogP contribution in [-0.4, -0.2) is 27.2 Å². The molecule has 5 heteroatoms. The van der Waals surface area contributed by atoms with E-state index < -0.39 is 0 Å². The Balaban J connectivity index is 2.19. The lowest BCUT2D eigenvalue weighted by Crippen LogP contribution is -2.23. The van der Waals surface area contributed by atoms with Gasteiger partial charge in [-0.25, -0.2) is 0 Å². The summed E-state index contributed by atoms with van der Waals surface area (Å²) in [6, 6.07) is 0. The Morgan fingerprint density at radius 3 is 2.73 bits per heavy atom. The van der Waals surface area contributed by atoms with Gasteiger partial charge in [0, 0.05) is 20.0 Å². The summed E-state index contributed by atoms with van der Waals surface area (Å²) in [7, 11) is 0. The monoisotopic (exact) mass is 154 g/mol. The lowest BCUT2D eigenvalue weighted by molar-refractivity contribution is -0.118. The molecule has 60 valence electrons. The summed E-state index contributed by atoms with van der Waals surface area (Å²) in [6.07, 6.45) is 3.23. The molecule has 0 bridgehead atoms. The topological polar surface area (TPSA) is 59.8 Å². The highest BCUT2D eigenvalue weighted by molar-refractivity contribution is 5.72. The third kappa shape index (κ3) is 2.79. The molecule has 1 rings (SSSR count). The van der Waals surface area contributed by atoms with Crippen molar-refractivity contribution in [3.63, 3.8) is 0 Å². The molecule has 0 radical (unpaired) electrons. The van der Waals surface area contributed by atoms with E-state index in [1.165, 1.54) is 6.92 Å². The van der Waals surface area contributed by atoms with E-state index in [4.69, 9.17) is 0 Å². The Morgan fingerprint density at radius 1 is 1.55 bits per heavy atom. The summed E-state index contributed by atoms with van der Waals surface area (Å²) in [5, 5.41) is 9.91. The van der Waals surface area contributed by atoms with Gasteiger partial charge in [-0.1, -0.05) is 0 Å². The highest BCUT2D eigenvalue weighted by Crippen LogP contribution is 1.79. The van der Waals surface area contributed by atoms with Gasteiger partial charge in [0.2, 0.25) is 5.91 Å². The number of carbonyl (C=O) groups is 1. The van der Waals surface area contributed by atoms with E-state index >= 15 is 0 Å². The van der Waals surface area contributed by atoms with Crippen molar-refractivity contribution >= 4 is 5.91 Å². The maximum atomic E-state index is 10.4. The number of hydrogen-bond acceptors (Lipinski definition) is 3. The zero-order chi connectivity index (χ0) is 8.10. The van der Waals surface area contributed by atoms with Gasteiger partial charge in [-0.15, -0.1) is 10.2 Å². The van der Waals surface area contributed by atoms with Gasteiger partial charge in [0.15, 0.2) is 0 Å². The molecule has 0 aliphatic carbocycles. The minimum absolute atomic E-state index is 0.0157. The number of carbonyl (C=O) groups excluding carboxylic acids is 1. The molecule has 11 heavy (non-hydrogen) atoms. The molecule has 1 amide bonds. The molecular formula is C6H10N4O. The number of rotatable bonds is 3. The Bertz CT molecular complexity index is 218. The van der Waals surface area contributed by atoms with Crippen LogP contribution in [0, 0.1) is 0 Å². The molecule has 0 aliphatic heterocycles. The van der Waals surface area contributed by atoms with Gasteiger partial charge in [-0.2, -0.15) is 0 Å². The smallest absolute Gasteiger partial charge is 0.216 e. The minimum Gasteiger partial charge on any atom is -0.355 e. The van der Waals surface area contributed by atoms with Crippen molar-refractivity contribution in [2.24, 2.45) is 0 Å². The first kappa shape index (κ1) is 7.71. The van der Waals surface area contributed by atoms with Gasteiger partial charge < -0.3 is 9.88 Å². The lowest BCUT2D eigenvalue weighted by atomic mass is 10.6. The molecule has 1 aromatic heterocycles. The second kappa shape index (κ2) is 3.70. The van der Waals surface area contributed by atoms with Crippen LogP contribution in [0.25, 0.3) is 0 Å². The summed E-state index contributed by atoms with van der Waals surface area (Å²) < 4.78 is 1.80. The van der Waals surface area contributed by atoms with Gasteiger partial charge in [0.25, 0.3) is 0 Å². The lowest BCUT2D eigenvalue weighted by Gasteiger charge is -2.00. The van der Waals surface area contributed by atoms with Crippen LogP contribution in [0.15, 0.2) is 12.7 Å². The summed E-state index contributed by atoms with van der Waals surface area (Å²) in [5.41, 5.74) is 0. The molecule has 1 aromatic rings. The summed E-state index contributed by atoms with van der Waals surface area (Å²) >= 11 is 0. The molecule has 0 fully saturated rings. The van der Waals surface area contributed by atoms with E-state index in [2.05, 4.69) is 15.5 Å². The van der Waals surface area contributed by atoms with Crippen LogP contribution in [0.2, 0.25) is 0 Å². The normalized spacial score (nSPS) is 9.55. The molecule has 1 heterocycles. The molecule has 1 N–H and O–H groups in total. The van der Waals surface area contributed by atoms with E-state index in [1.54, 1.807) is 17.2 Å². The fourth-order valence-electron chi connectivity index (χ4n) is 0.699. The van der Waals surface area contributed by atoms with Gasteiger partial charge >= 0.3 is 0 Å². The number of nitrogens with one attached hydrogen (secondary N) is 1. The fourth-order valence-corrected chi connectivity index (χ4v) is 0.699. The van der Waals surface area contributed by atoms with Crippen LogP contribution in [-0.2, 0) is 11.3 Å². The fraction of sp³-hybridized carbons (Fsp3) is 0.500. The van der Waals surface area contributed by atoms with Crippen molar-refractivity contribution in [1.82, 2.24) is 20.1 Å². The van der Waals surface area contributed by atoms with Gasteiger partial charge in [-0.05, 0) is 0 Å². The van der Waals surface area contributed by atoms with Crippen LogP contribution in [0.1, 0.15) is 6.92 Å². The molecule has 0 spiro atoms. The van der Waals surface area contributed by atoms with Crippen molar-refractivity contribution in [2.75, 3.05) is 6.54 Å². The van der Waals surface area contributed by atoms with Crippen LogP contribution < -0.4 is 5.32 Å². The van der Waals surface area contributed by atoms with Crippen LogP contribution in [0.4, 0.5) is 0 Å². The van der Waals surface area contributed by atoms with E-state index in [-0.39, 0.29) is 5.91 Å².